The van der Waals surface area contributed by atoms with Gasteiger partial charge in [-0.3, -0.25) is 4.79 Å². The van der Waals surface area contributed by atoms with E-state index >= 15 is 0 Å². The lowest BCUT2D eigenvalue weighted by molar-refractivity contribution is 0.0719. The lowest BCUT2D eigenvalue weighted by atomic mass is 10.3. The molecule has 0 aromatic carbocycles. The minimum absolute atomic E-state index is 0.105. The minimum atomic E-state index is -0.122. The minimum Gasteiger partial charge on any atom is -0.380 e. The Morgan fingerprint density at radius 3 is 3.00 bits per heavy atom. The van der Waals surface area contributed by atoms with Crippen LogP contribution >= 0.6 is 11.6 Å². The monoisotopic (exact) mass is 324 g/mol. The van der Waals surface area contributed by atoms with Crippen LogP contribution in [0.3, 0.4) is 0 Å². The van der Waals surface area contributed by atoms with Crippen LogP contribution in [-0.4, -0.2) is 61.7 Å². The molecule has 2 aromatic heterocycles. The van der Waals surface area contributed by atoms with Crippen LogP contribution in [0.25, 0.3) is 0 Å². The molecule has 1 saturated heterocycles. The summed E-state index contributed by atoms with van der Waals surface area (Å²) in [5.74, 6) is 0.623. The summed E-state index contributed by atoms with van der Waals surface area (Å²) in [6.07, 6.45) is 4.16. The Kier molecular flexibility index (Phi) is 4.12. The van der Waals surface area contributed by atoms with Crippen LogP contribution in [-0.2, 0) is 18.3 Å². The van der Waals surface area contributed by atoms with Gasteiger partial charge in [0.1, 0.15) is 17.5 Å². The number of halogens is 1. The predicted molar refractivity (Wildman–Crippen MR) is 78.7 cm³/mol. The quantitative estimate of drug-likeness (QED) is 0.822. The molecule has 2 aromatic rings. The molecule has 3 heterocycles. The fraction of sp³-hybridized carbons (Fsp3) is 0.538. The van der Waals surface area contributed by atoms with E-state index in [9.17, 15) is 4.79 Å². The average Bonchev–Trinajstić information content (AvgIpc) is 3.23. The Morgan fingerprint density at radius 2 is 2.36 bits per heavy atom. The molecule has 0 N–H and O–H groups in total. The van der Waals surface area contributed by atoms with Crippen LogP contribution in [0.5, 0.6) is 0 Å². The van der Waals surface area contributed by atoms with Gasteiger partial charge in [-0.05, 0) is 6.42 Å². The zero-order valence-electron chi connectivity index (χ0n) is 12.4. The highest BCUT2D eigenvalue weighted by atomic mass is 35.5. The number of hydrogen-bond donors (Lipinski definition) is 0. The summed E-state index contributed by atoms with van der Waals surface area (Å²) < 4.78 is 8.61. The third kappa shape index (κ3) is 2.84. The maximum Gasteiger partial charge on any atom is 0.276 e. The van der Waals surface area contributed by atoms with Crippen molar-refractivity contribution in [2.45, 2.75) is 19.1 Å². The van der Waals surface area contributed by atoms with Gasteiger partial charge in [-0.1, -0.05) is 16.8 Å². The first-order valence-corrected chi connectivity index (χ1v) is 7.34. The third-order valence-corrected chi connectivity index (χ3v) is 4.21. The molecule has 1 fully saturated rings. The van der Waals surface area contributed by atoms with E-state index in [2.05, 4.69) is 15.3 Å². The second-order valence-corrected chi connectivity index (χ2v) is 5.64. The fourth-order valence-corrected chi connectivity index (χ4v) is 2.60. The fourth-order valence-electron chi connectivity index (χ4n) is 2.46. The van der Waals surface area contributed by atoms with Crippen LogP contribution in [0.15, 0.2) is 12.4 Å². The number of aromatic nitrogens is 5. The molecule has 0 aliphatic carbocycles. The van der Waals surface area contributed by atoms with Crippen LogP contribution < -0.4 is 0 Å². The summed E-state index contributed by atoms with van der Waals surface area (Å²) in [6, 6.07) is 0. The summed E-state index contributed by atoms with van der Waals surface area (Å²) in [6.45, 7) is 1.68. The van der Waals surface area contributed by atoms with E-state index < -0.39 is 0 Å². The molecule has 0 bridgehead atoms. The molecule has 22 heavy (non-hydrogen) atoms. The molecule has 118 valence electrons. The van der Waals surface area contributed by atoms with Crippen molar-refractivity contribution in [2.75, 3.05) is 20.2 Å². The highest BCUT2D eigenvalue weighted by Gasteiger charge is 2.28. The predicted octanol–water partition coefficient (Wildman–Crippen LogP) is 0.574. The lowest BCUT2D eigenvalue weighted by Gasteiger charge is -2.13. The van der Waals surface area contributed by atoms with Crippen molar-refractivity contribution in [1.29, 1.82) is 0 Å². The number of likely N-dealkylation sites (tertiary alicyclic amines) is 1. The second-order valence-electron chi connectivity index (χ2n) is 5.26. The molecule has 9 heteroatoms. The standard InChI is InChI=1S/C13H17ClN6O2/c1-18-11(14)5-15-12(18)8-20-7-10(16-17-20)13(21)19-4-3-9(6-19)22-2/h5,7,9H,3-4,6,8H2,1-2H3. The number of amides is 1. The van der Waals surface area contributed by atoms with Gasteiger partial charge in [-0.15, -0.1) is 5.10 Å². The lowest BCUT2D eigenvalue weighted by Crippen LogP contribution is -2.30. The van der Waals surface area contributed by atoms with Crippen LogP contribution in [0.1, 0.15) is 22.7 Å². The van der Waals surface area contributed by atoms with Gasteiger partial charge >= 0.3 is 0 Å². The summed E-state index contributed by atoms with van der Waals surface area (Å²) >= 11 is 5.95. The number of hydrogen-bond acceptors (Lipinski definition) is 5. The molecule has 8 nitrogen and oxygen atoms in total. The Labute approximate surface area is 132 Å². The van der Waals surface area contributed by atoms with E-state index in [0.717, 1.165) is 12.2 Å². The zero-order chi connectivity index (χ0) is 15.7. The van der Waals surface area contributed by atoms with Crippen LogP contribution in [0.4, 0.5) is 0 Å². The van der Waals surface area contributed by atoms with Crippen molar-refractivity contribution in [1.82, 2.24) is 29.4 Å². The van der Waals surface area contributed by atoms with Gasteiger partial charge < -0.3 is 14.2 Å². The van der Waals surface area contributed by atoms with Gasteiger partial charge in [0.05, 0.1) is 18.5 Å². The van der Waals surface area contributed by atoms with Crippen molar-refractivity contribution in [2.24, 2.45) is 7.05 Å². The van der Waals surface area contributed by atoms with E-state index in [4.69, 9.17) is 16.3 Å². The van der Waals surface area contributed by atoms with Crippen molar-refractivity contribution >= 4 is 17.5 Å². The van der Waals surface area contributed by atoms with E-state index in [1.807, 2.05) is 7.05 Å². The number of carbonyl (C=O) groups excluding carboxylic acids is 1. The maximum atomic E-state index is 12.4. The summed E-state index contributed by atoms with van der Waals surface area (Å²) in [7, 11) is 3.48. The number of imidazole rings is 1. The topological polar surface area (TPSA) is 78.1 Å². The van der Waals surface area contributed by atoms with Gasteiger partial charge in [0.2, 0.25) is 0 Å². The Balaban J connectivity index is 1.68. The Hall–Kier alpha value is -1.93. The molecule has 1 amide bonds. The smallest absolute Gasteiger partial charge is 0.276 e. The SMILES string of the molecule is COC1CCN(C(=O)c2cn(Cc3ncc(Cl)n3C)nn2)C1. The molecular weight excluding hydrogens is 308 g/mol. The number of nitrogens with zero attached hydrogens (tertiary/aromatic N) is 6. The molecular formula is C13H17ClN6O2. The first-order chi connectivity index (χ1) is 10.6. The molecule has 0 spiro atoms. The average molecular weight is 325 g/mol. The zero-order valence-corrected chi connectivity index (χ0v) is 13.2. The van der Waals surface area contributed by atoms with Gasteiger partial charge in [-0.2, -0.15) is 0 Å². The normalized spacial score (nSPS) is 18.1. The Bertz CT molecular complexity index is 682. The van der Waals surface area contributed by atoms with Crippen LogP contribution in [0.2, 0.25) is 5.15 Å². The second kappa shape index (κ2) is 6.05. The van der Waals surface area contributed by atoms with E-state index in [1.54, 1.807) is 33.7 Å². The van der Waals surface area contributed by atoms with E-state index in [0.29, 0.717) is 30.5 Å². The highest BCUT2D eigenvalue weighted by Crippen LogP contribution is 2.15. The van der Waals surface area contributed by atoms with Crippen LogP contribution in [0, 0.1) is 0 Å². The van der Waals surface area contributed by atoms with Crippen molar-refractivity contribution in [3.8, 4) is 0 Å². The summed E-state index contributed by atoms with van der Waals surface area (Å²) in [5, 5.41) is 8.49. The number of methoxy groups -OCH3 is 1. The van der Waals surface area contributed by atoms with Crippen molar-refractivity contribution in [3.63, 3.8) is 0 Å². The molecule has 1 aliphatic rings. The first-order valence-electron chi connectivity index (χ1n) is 6.96. The van der Waals surface area contributed by atoms with E-state index in [1.165, 1.54) is 0 Å². The Morgan fingerprint density at radius 1 is 1.55 bits per heavy atom. The summed E-state index contributed by atoms with van der Waals surface area (Å²) in [5.41, 5.74) is 0.331. The number of rotatable bonds is 4. The number of carbonyl (C=O) groups is 1. The first kappa shape index (κ1) is 15.0. The molecule has 0 saturated carbocycles. The molecule has 0 radical (unpaired) electrons. The summed E-state index contributed by atoms with van der Waals surface area (Å²) in [4.78, 5) is 18.3. The van der Waals surface area contributed by atoms with Gasteiger partial charge in [0, 0.05) is 27.2 Å². The molecule has 1 aliphatic heterocycles. The van der Waals surface area contributed by atoms with Crippen molar-refractivity contribution in [3.05, 3.63) is 29.1 Å². The molecule has 3 rings (SSSR count). The van der Waals surface area contributed by atoms with Gasteiger partial charge in [-0.25, -0.2) is 9.67 Å². The van der Waals surface area contributed by atoms with Gasteiger partial charge in [0.15, 0.2) is 5.69 Å². The largest absolute Gasteiger partial charge is 0.380 e. The van der Waals surface area contributed by atoms with E-state index in [-0.39, 0.29) is 12.0 Å². The third-order valence-electron chi connectivity index (χ3n) is 3.85. The van der Waals surface area contributed by atoms with Gasteiger partial charge in [0.25, 0.3) is 5.91 Å². The molecule has 1 atom stereocenters. The van der Waals surface area contributed by atoms with Crippen molar-refractivity contribution < 1.29 is 9.53 Å². The molecule has 1 unspecified atom stereocenters. The maximum absolute atomic E-state index is 12.4. The number of ether oxygens (including phenoxy) is 1. The highest BCUT2D eigenvalue weighted by molar-refractivity contribution is 6.29.